The van der Waals surface area contributed by atoms with Gasteiger partial charge < -0.3 is 15.3 Å². The number of amides is 2. The highest BCUT2D eigenvalue weighted by molar-refractivity contribution is 5.89. The van der Waals surface area contributed by atoms with Crippen LogP contribution in [0, 0.1) is 0 Å². The number of anilines is 1. The lowest BCUT2D eigenvalue weighted by molar-refractivity contribution is 0.175. The van der Waals surface area contributed by atoms with E-state index in [4.69, 9.17) is 0 Å². The molecular weight excluding hydrogens is 328 g/mol. The minimum Gasteiger partial charge on any atom is -0.508 e. The van der Waals surface area contributed by atoms with Crippen LogP contribution in [-0.2, 0) is 6.54 Å². The maximum atomic E-state index is 12.9. The number of hydrogen-bond acceptors (Lipinski definition) is 4. The van der Waals surface area contributed by atoms with Crippen molar-refractivity contribution in [3.63, 3.8) is 0 Å². The number of likely N-dealkylation sites (tertiary alicyclic amines) is 1. The van der Waals surface area contributed by atoms with Gasteiger partial charge in [0.25, 0.3) is 0 Å². The Morgan fingerprint density at radius 2 is 2.15 bits per heavy atom. The fourth-order valence-corrected chi connectivity index (χ4v) is 3.45. The smallest absolute Gasteiger partial charge is 0.322 e. The molecule has 0 aliphatic carbocycles. The van der Waals surface area contributed by atoms with Gasteiger partial charge in [-0.2, -0.15) is 0 Å². The van der Waals surface area contributed by atoms with Crippen LogP contribution in [0.4, 0.5) is 10.5 Å². The summed E-state index contributed by atoms with van der Waals surface area (Å²) in [5.41, 5.74) is 1.68. The summed E-state index contributed by atoms with van der Waals surface area (Å²) in [7, 11) is 0. The van der Waals surface area contributed by atoms with Crippen LogP contribution in [0.15, 0.2) is 48.8 Å². The number of rotatable bonds is 6. The van der Waals surface area contributed by atoms with Crippen molar-refractivity contribution in [3.8, 4) is 5.75 Å². The lowest BCUT2D eigenvalue weighted by Gasteiger charge is -2.30. The zero-order chi connectivity index (χ0) is 18.4. The first kappa shape index (κ1) is 18.2. The molecule has 0 saturated carbocycles. The number of carbonyl (C=O) groups excluding carboxylic acids is 1. The molecule has 2 amide bonds. The standard InChI is InChI=1S/C20H26N4O2/c1-2-23-12-4-6-18(23)15-24(14-16-7-9-19(25)10-8-16)20(26)22-17-5-3-11-21-13-17/h3,5,7-11,13,18,25H,2,4,6,12,14-15H2,1H3,(H,22,26). The molecule has 0 bridgehead atoms. The number of benzene rings is 1. The first-order valence-electron chi connectivity index (χ1n) is 9.13. The van der Waals surface area contributed by atoms with Gasteiger partial charge in [-0.3, -0.25) is 9.88 Å². The third kappa shape index (κ3) is 4.73. The quantitative estimate of drug-likeness (QED) is 0.835. The predicted molar refractivity (Wildman–Crippen MR) is 102 cm³/mol. The molecule has 26 heavy (non-hydrogen) atoms. The zero-order valence-electron chi connectivity index (χ0n) is 15.1. The van der Waals surface area contributed by atoms with Crippen molar-refractivity contribution in [2.24, 2.45) is 0 Å². The van der Waals surface area contributed by atoms with Crippen LogP contribution >= 0.6 is 0 Å². The van der Waals surface area contributed by atoms with Crippen molar-refractivity contribution < 1.29 is 9.90 Å². The van der Waals surface area contributed by atoms with E-state index in [0.29, 0.717) is 24.8 Å². The minimum atomic E-state index is -0.131. The van der Waals surface area contributed by atoms with E-state index in [1.807, 2.05) is 23.1 Å². The van der Waals surface area contributed by atoms with Gasteiger partial charge in [-0.15, -0.1) is 0 Å². The fraction of sp³-hybridized carbons (Fsp3) is 0.400. The fourth-order valence-electron chi connectivity index (χ4n) is 3.45. The Bertz CT molecular complexity index is 706. The number of pyridine rings is 1. The Balaban J connectivity index is 1.73. The van der Waals surface area contributed by atoms with E-state index in [9.17, 15) is 9.90 Å². The molecule has 138 valence electrons. The first-order chi connectivity index (χ1) is 12.7. The summed E-state index contributed by atoms with van der Waals surface area (Å²) in [6.45, 7) is 5.44. The Morgan fingerprint density at radius 1 is 1.35 bits per heavy atom. The van der Waals surface area contributed by atoms with Crippen molar-refractivity contribution in [2.75, 3.05) is 25.0 Å². The maximum Gasteiger partial charge on any atom is 0.322 e. The van der Waals surface area contributed by atoms with E-state index in [2.05, 4.69) is 22.1 Å². The van der Waals surface area contributed by atoms with E-state index in [-0.39, 0.29) is 11.8 Å². The van der Waals surface area contributed by atoms with Crippen molar-refractivity contribution in [3.05, 3.63) is 54.4 Å². The first-order valence-corrected chi connectivity index (χ1v) is 9.13. The van der Waals surface area contributed by atoms with E-state index >= 15 is 0 Å². The lowest BCUT2D eigenvalue weighted by Crippen LogP contribution is -2.44. The molecule has 6 heteroatoms. The number of nitrogens with zero attached hydrogens (tertiary/aromatic N) is 3. The number of carbonyl (C=O) groups is 1. The minimum absolute atomic E-state index is 0.131. The monoisotopic (exact) mass is 354 g/mol. The number of hydrogen-bond donors (Lipinski definition) is 2. The summed E-state index contributed by atoms with van der Waals surface area (Å²) >= 11 is 0. The summed E-state index contributed by atoms with van der Waals surface area (Å²) in [6.07, 6.45) is 5.61. The third-order valence-corrected chi connectivity index (χ3v) is 4.85. The third-order valence-electron chi connectivity index (χ3n) is 4.85. The van der Waals surface area contributed by atoms with Crippen molar-refractivity contribution in [1.29, 1.82) is 0 Å². The molecule has 1 aromatic heterocycles. The van der Waals surface area contributed by atoms with E-state index in [1.54, 1.807) is 30.6 Å². The van der Waals surface area contributed by atoms with Crippen LogP contribution in [-0.4, -0.2) is 51.6 Å². The molecule has 1 unspecified atom stereocenters. The maximum absolute atomic E-state index is 12.9. The van der Waals surface area contributed by atoms with Crippen LogP contribution in [0.5, 0.6) is 5.75 Å². The molecule has 1 fully saturated rings. The van der Waals surface area contributed by atoms with Gasteiger partial charge in [0.1, 0.15) is 5.75 Å². The van der Waals surface area contributed by atoms with Crippen LogP contribution in [0.3, 0.4) is 0 Å². The molecule has 2 N–H and O–H groups in total. The van der Waals surface area contributed by atoms with Gasteiger partial charge in [-0.1, -0.05) is 19.1 Å². The van der Waals surface area contributed by atoms with Crippen LogP contribution in [0.2, 0.25) is 0 Å². The number of phenolic OH excluding ortho intramolecular Hbond substituents is 1. The molecule has 0 radical (unpaired) electrons. The largest absolute Gasteiger partial charge is 0.508 e. The molecule has 3 rings (SSSR count). The van der Waals surface area contributed by atoms with Crippen molar-refractivity contribution in [2.45, 2.75) is 32.4 Å². The van der Waals surface area contributed by atoms with Crippen LogP contribution in [0.25, 0.3) is 0 Å². The number of urea groups is 1. The molecule has 1 aromatic carbocycles. The normalized spacial score (nSPS) is 17.2. The highest BCUT2D eigenvalue weighted by Crippen LogP contribution is 2.20. The lowest BCUT2D eigenvalue weighted by atomic mass is 10.1. The average Bonchev–Trinajstić information content (AvgIpc) is 3.11. The van der Waals surface area contributed by atoms with Gasteiger partial charge in [0.15, 0.2) is 0 Å². The molecular formula is C20H26N4O2. The molecule has 1 atom stereocenters. The molecule has 1 saturated heterocycles. The zero-order valence-corrected chi connectivity index (χ0v) is 15.1. The van der Waals surface area contributed by atoms with Gasteiger partial charge in [-0.05, 0) is 55.8 Å². The number of aromatic hydroxyl groups is 1. The Labute approximate surface area is 154 Å². The molecule has 1 aliphatic rings. The molecule has 0 spiro atoms. The van der Waals surface area contributed by atoms with E-state index in [0.717, 1.165) is 25.1 Å². The average molecular weight is 354 g/mol. The van der Waals surface area contributed by atoms with E-state index in [1.165, 1.54) is 6.42 Å². The predicted octanol–water partition coefficient (Wildman–Crippen LogP) is 3.31. The molecule has 2 aromatic rings. The summed E-state index contributed by atoms with van der Waals surface area (Å²) in [6, 6.07) is 10.9. The second kappa shape index (κ2) is 8.67. The van der Waals surface area contributed by atoms with Crippen LogP contribution in [0.1, 0.15) is 25.3 Å². The number of aromatic nitrogens is 1. The van der Waals surface area contributed by atoms with Crippen molar-refractivity contribution >= 4 is 11.7 Å². The van der Waals surface area contributed by atoms with Gasteiger partial charge in [0.05, 0.1) is 11.9 Å². The topological polar surface area (TPSA) is 68.7 Å². The highest BCUT2D eigenvalue weighted by Gasteiger charge is 2.27. The van der Waals surface area contributed by atoms with Crippen molar-refractivity contribution in [1.82, 2.24) is 14.8 Å². The SMILES string of the molecule is CCN1CCCC1CN(Cc1ccc(O)cc1)C(=O)Nc1cccnc1. The molecule has 2 heterocycles. The number of phenols is 1. The summed E-state index contributed by atoms with van der Waals surface area (Å²) in [5.74, 6) is 0.230. The Hall–Kier alpha value is -2.60. The Kier molecular flexibility index (Phi) is 6.07. The van der Waals surface area contributed by atoms with Gasteiger partial charge in [0, 0.05) is 25.3 Å². The highest BCUT2D eigenvalue weighted by atomic mass is 16.3. The number of likely N-dealkylation sites (N-methyl/N-ethyl adjacent to an activating group) is 1. The second-order valence-corrected chi connectivity index (χ2v) is 6.64. The summed E-state index contributed by atoms with van der Waals surface area (Å²) in [4.78, 5) is 21.2. The van der Waals surface area contributed by atoms with E-state index < -0.39 is 0 Å². The summed E-state index contributed by atoms with van der Waals surface area (Å²) < 4.78 is 0. The van der Waals surface area contributed by atoms with Crippen LogP contribution < -0.4 is 5.32 Å². The Morgan fingerprint density at radius 3 is 2.85 bits per heavy atom. The van der Waals surface area contributed by atoms with Gasteiger partial charge in [-0.25, -0.2) is 4.79 Å². The number of nitrogens with one attached hydrogen (secondary N) is 1. The molecule has 6 nitrogen and oxygen atoms in total. The van der Waals surface area contributed by atoms with Gasteiger partial charge in [0.2, 0.25) is 0 Å². The molecule has 1 aliphatic heterocycles. The summed E-state index contributed by atoms with van der Waals surface area (Å²) in [5, 5.41) is 12.4. The van der Waals surface area contributed by atoms with Gasteiger partial charge >= 0.3 is 6.03 Å². The second-order valence-electron chi connectivity index (χ2n) is 6.64.